The van der Waals surface area contributed by atoms with Gasteiger partial charge in [-0.05, 0) is 37.3 Å². The van der Waals surface area contributed by atoms with E-state index in [0.717, 1.165) is 13.0 Å². The molecular weight excluding hydrogens is 248 g/mol. The Morgan fingerprint density at radius 2 is 2.15 bits per heavy atom. The van der Waals surface area contributed by atoms with Gasteiger partial charge in [-0.25, -0.2) is 0 Å². The van der Waals surface area contributed by atoms with Crippen LogP contribution in [0.1, 0.15) is 51.1 Å². The summed E-state index contributed by atoms with van der Waals surface area (Å²) >= 11 is 0. The van der Waals surface area contributed by atoms with Crippen molar-refractivity contribution in [1.82, 2.24) is 10.6 Å². The SMILES string of the molecule is CCC(NC(=O)CC1NCCCC1C)c1ccccc1. The highest BCUT2D eigenvalue weighted by Gasteiger charge is 2.24. The molecule has 1 heterocycles. The molecule has 0 saturated carbocycles. The molecular formula is C17H26N2O. The summed E-state index contributed by atoms with van der Waals surface area (Å²) in [5, 5.41) is 6.64. The van der Waals surface area contributed by atoms with E-state index < -0.39 is 0 Å². The minimum Gasteiger partial charge on any atom is -0.349 e. The minimum atomic E-state index is 0.127. The van der Waals surface area contributed by atoms with Gasteiger partial charge in [0, 0.05) is 12.5 Å². The van der Waals surface area contributed by atoms with Crippen molar-refractivity contribution < 1.29 is 4.79 Å². The Labute approximate surface area is 122 Å². The molecule has 20 heavy (non-hydrogen) atoms. The van der Waals surface area contributed by atoms with E-state index in [-0.39, 0.29) is 11.9 Å². The van der Waals surface area contributed by atoms with E-state index in [1.54, 1.807) is 0 Å². The molecule has 3 atom stereocenters. The summed E-state index contributed by atoms with van der Waals surface area (Å²) in [5.41, 5.74) is 1.19. The molecule has 3 heteroatoms. The van der Waals surface area contributed by atoms with Crippen molar-refractivity contribution in [2.75, 3.05) is 6.54 Å². The number of nitrogens with one attached hydrogen (secondary N) is 2. The lowest BCUT2D eigenvalue weighted by molar-refractivity contribution is -0.122. The second kappa shape index (κ2) is 7.44. The standard InChI is InChI=1S/C17H26N2O/c1-3-15(14-9-5-4-6-10-14)19-17(20)12-16-13(2)8-7-11-18-16/h4-6,9-10,13,15-16,18H,3,7-8,11-12H2,1-2H3,(H,19,20). The van der Waals surface area contributed by atoms with Crippen molar-refractivity contribution >= 4 is 5.91 Å². The first-order valence-corrected chi connectivity index (χ1v) is 7.78. The van der Waals surface area contributed by atoms with Crippen molar-refractivity contribution in [3.05, 3.63) is 35.9 Å². The van der Waals surface area contributed by atoms with Gasteiger partial charge in [0.25, 0.3) is 0 Å². The largest absolute Gasteiger partial charge is 0.349 e. The van der Waals surface area contributed by atoms with Crippen LogP contribution < -0.4 is 10.6 Å². The van der Waals surface area contributed by atoms with Gasteiger partial charge in [-0.1, -0.05) is 44.2 Å². The van der Waals surface area contributed by atoms with Crippen LogP contribution in [0.15, 0.2) is 30.3 Å². The van der Waals surface area contributed by atoms with E-state index in [1.165, 1.54) is 18.4 Å². The zero-order valence-electron chi connectivity index (χ0n) is 12.6. The number of carbonyl (C=O) groups excluding carboxylic acids is 1. The summed E-state index contributed by atoms with van der Waals surface area (Å²) in [5.74, 6) is 0.748. The predicted octanol–water partition coefficient (Wildman–Crippen LogP) is 3.03. The third-order valence-electron chi connectivity index (χ3n) is 4.28. The number of amides is 1. The molecule has 1 aliphatic rings. The Morgan fingerprint density at radius 1 is 1.40 bits per heavy atom. The first-order valence-electron chi connectivity index (χ1n) is 7.78. The normalized spacial score (nSPS) is 24.1. The van der Waals surface area contributed by atoms with Gasteiger partial charge >= 0.3 is 0 Å². The number of benzene rings is 1. The lowest BCUT2D eigenvalue weighted by Crippen LogP contribution is -2.44. The van der Waals surface area contributed by atoms with Gasteiger partial charge in [0.2, 0.25) is 5.91 Å². The van der Waals surface area contributed by atoms with Crippen molar-refractivity contribution in [2.45, 2.75) is 51.6 Å². The maximum Gasteiger partial charge on any atom is 0.222 e. The number of hydrogen-bond donors (Lipinski definition) is 2. The summed E-state index contributed by atoms with van der Waals surface area (Å²) < 4.78 is 0. The van der Waals surface area contributed by atoms with E-state index in [9.17, 15) is 4.79 Å². The van der Waals surface area contributed by atoms with Crippen LogP contribution in [-0.4, -0.2) is 18.5 Å². The molecule has 0 aliphatic carbocycles. The molecule has 1 aliphatic heterocycles. The Kier molecular flexibility index (Phi) is 5.60. The second-order valence-electron chi connectivity index (χ2n) is 5.82. The molecule has 3 nitrogen and oxygen atoms in total. The Morgan fingerprint density at radius 3 is 2.80 bits per heavy atom. The second-order valence-corrected chi connectivity index (χ2v) is 5.82. The fraction of sp³-hybridized carbons (Fsp3) is 0.588. The van der Waals surface area contributed by atoms with Crippen LogP contribution in [-0.2, 0) is 4.79 Å². The first kappa shape index (κ1) is 15.0. The molecule has 0 bridgehead atoms. The van der Waals surface area contributed by atoms with Crippen LogP contribution in [0.3, 0.4) is 0 Å². The van der Waals surface area contributed by atoms with Crippen LogP contribution in [0.5, 0.6) is 0 Å². The number of rotatable bonds is 5. The van der Waals surface area contributed by atoms with E-state index >= 15 is 0 Å². The Hall–Kier alpha value is -1.35. The quantitative estimate of drug-likeness (QED) is 0.866. The van der Waals surface area contributed by atoms with E-state index in [0.29, 0.717) is 18.4 Å². The molecule has 0 aromatic heterocycles. The fourth-order valence-corrected chi connectivity index (χ4v) is 2.95. The average Bonchev–Trinajstić information content (AvgIpc) is 2.48. The molecule has 1 amide bonds. The maximum atomic E-state index is 12.2. The van der Waals surface area contributed by atoms with Crippen LogP contribution in [0.2, 0.25) is 0 Å². The monoisotopic (exact) mass is 274 g/mol. The Bertz CT molecular complexity index is 418. The molecule has 3 unspecified atom stereocenters. The van der Waals surface area contributed by atoms with Crippen molar-refractivity contribution in [2.24, 2.45) is 5.92 Å². The number of piperidine rings is 1. The number of hydrogen-bond acceptors (Lipinski definition) is 2. The van der Waals surface area contributed by atoms with Crippen molar-refractivity contribution in [3.8, 4) is 0 Å². The topological polar surface area (TPSA) is 41.1 Å². The summed E-state index contributed by atoms with van der Waals surface area (Å²) in [6, 6.07) is 10.7. The molecule has 0 radical (unpaired) electrons. The maximum absolute atomic E-state index is 12.2. The van der Waals surface area contributed by atoms with Crippen LogP contribution in [0.25, 0.3) is 0 Å². The third kappa shape index (κ3) is 4.07. The summed E-state index contributed by atoms with van der Waals surface area (Å²) in [7, 11) is 0. The van der Waals surface area contributed by atoms with Gasteiger partial charge in [-0.3, -0.25) is 4.79 Å². The highest BCUT2D eigenvalue weighted by atomic mass is 16.1. The summed E-state index contributed by atoms with van der Waals surface area (Å²) in [6.45, 7) is 5.39. The zero-order valence-corrected chi connectivity index (χ0v) is 12.6. The molecule has 2 N–H and O–H groups in total. The van der Waals surface area contributed by atoms with Gasteiger partial charge < -0.3 is 10.6 Å². The zero-order chi connectivity index (χ0) is 14.4. The first-order chi connectivity index (χ1) is 9.70. The highest BCUT2D eigenvalue weighted by Crippen LogP contribution is 2.20. The predicted molar refractivity (Wildman–Crippen MR) is 82.4 cm³/mol. The molecule has 1 aromatic carbocycles. The minimum absolute atomic E-state index is 0.127. The van der Waals surface area contributed by atoms with Gasteiger partial charge in [-0.2, -0.15) is 0 Å². The van der Waals surface area contributed by atoms with E-state index in [4.69, 9.17) is 0 Å². The molecule has 110 valence electrons. The lowest BCUT2D eigenvalue weighted by Gasteiger charge is -2.30. The fourth-order valence-electron chi connectivity index (χ4n) is 2.95. The molecule has 1 aromatic rings. The third-order valence-corrected chi connectivity index (χ3v) is 4.28. The lowest BCUT2D eigenvalue weighted by atomic mass is 9.90. The van der Waals surface area contributed by atoms with Crippen LogP contribution >= 0.6 is 0 Å². The Balaban J connectivity index is 1.89. The van der Waals surface area contributed by atoms with E-state index in [2.05, 4.69) is 36.6 Å². The molecule has 0 spiro atoms. The van der Waals surface area contributed by atoms with Crippen LogP contribution in [0.4, 0.5) is 0 Å². The summed E-state index contributed by atoms with van der Waals surface area (Å²) in [4.78, 5) is 12.2. The van der Waals surface area contributed by atoms with E-state index in [1.807, 2.05) is 18.2 Å². The van der Waals surface area contributed by atoms with Gasteiger partial charge in [0.1, 0.15) is 0 Å². The van der Waals surface area contributed by atoms with Crippen LogP contribution in [0, 0.1) is 5.92 Å². The van der Waals surface area contributed by atoms with Crippen molar-refractivity contribution in [1.29, 1.82) is 0 Å². The summed E-state index contributed by atoms with van der Waals surface area (Å²) in [6.07, 6.45) is 3.95. The highest BCUT2D eigenvalue weighted by molar-refractivity contribution is 5.77. The van der Waals surface area contributed by atoms with Gasteiger partial charge in [0.05, 0.1) is 6.04 Å². The molecule has 1 saturated heterocycles. The van der Waals surface area contributed by atoms with Gasteiger partial charge in [0.15, 0.2) is 0 Å². The molecule has 1 fully saturated rings. The van der Waals surface area contributed by atoms with Gasteiger partial charge in [-0.15, -0.1) is 0 Å². The average molecular weight is 274 g/mol. The number of carbonyl (C=O) groups is 1. The smallest absolute Gasteiger partial charge is 0.222 e. The van der Waals surface area contributed by atoms with Crippen molar-refractivity contribution in [3.63, 3.8) is 0 Å². The molecule has 2 rings (SSSR count).